The molecule has 2 rings (SSSR count). The predicted octanol–water partition coefficient (Wildman–Crippen LogP) is 4.02. The van der Waals surface area contributed by atoms with E-state index in [2.05, 4.69) is 26.2 Å². The highest BCUT2D eigenvalue weighted by atomic mass is 79.9. The van der Waals surface area contributed by atoms with E-state index >= 15 is 0 Å². The summed E-state index contributed by atoms with van der Waals surface area (Å²) < 4.78 is 32.6. The molecule has 0 spiro atoms. The normalized spacial score (nSPS) is 10.6. The van der Waals surface area contributed by atoms with Crippen LogP contribution in [-0.4, -0.2) is 11.5 Å². The summed E-state index contributed by atoms with van der Waals surface area (Å²) in [4.78, 5) is 3.99. The molecule has 0 amide bonds. The average molecular weight is 343 g/mol. The van der Waals surface area contributed by atoms with Gasteiger partial charge in [-0.15, -0.1) is 0 Å². The van der Waals surface area contributed by atoms with Crippen molar-refractivity contribution in [3.05, 3.63) is 52.1 Å². The molecule has 106 valence electrons. The molecule has 0 bridgehead atoms. The summed E-state index contributed by atoms with van der Waals surface area (Å²) in [5, 5.41) is 3.16. The second-order valence-corrected chi connectivity index (χ2v) is 5.00. The molecule has 6 heteroatoms. The Morgan fingerprint density at radius 1 is 1.30 bits per heavy atom. The summed E-state index contributed by atoms with van der Waals surface area (Å²) >= 11 is 3.09. The summed E-state index contributed by atoms with van der Waals surface area (Å²) in [6, 6.07) is 5.91. The predicted molar refractivity (Wildman–Crippen MR) is 75.7 cm³/mol. The second kappa shape index (κ2) is 6.76. The fraction of sp³-hybridized carbons (Fsp3) is 0.214. The van der Waals surface area contributed by atoms with Crippen LogP contribution in [0.15, 0.2) is 34.9 Å². The molecule has 0 atom stereocenters. The summed E-state index contributed by atoms with van der Waals surface area (Å²) in [7, 11) is 0. The summed E-state index contributed by atoms with van der Waals surface area (Å²) in [6.07, 6.45) is 1.56. The van der Waals surface area contributed by atoms with Gasteiger partial charge in [0.1, 0.15) is 0 Å². The van der Waals surface area contributed by atoms with E-state index < -0.39 is 11.6 Å². The average Bonchev–Trinajstić information content (AvgIpc) is 2.42. The van der Waals surface area contributed by atoms with Crippen molar-refractivity contribution in [2.75, 3.05) is 6.54 Å². The lowest BCUT2D eigenvalue weighted by molar-refractivity contribution is 0.404. The van der Waals surface area contributed by atoms with Crippen molar-refractivity contribution in [3.63, 3.8) is 0 Å². The third-order valence-corrected chi connectivity index (χ3v) is 3.01. The van der Waals surface area contributed by atoms with Gasteiger partial charge in [-0.1, -0.05) is 22.9 Å². The Balaban J connectivity index is 2.21. The summed E-state index contributed by atoms with van der Waals surface area (Å²) in [5.74, 6) is -1.99. The van der Waals surface area contributed by atoms with Crippen LogP contribution in [-0.2, 0) is 6.54 Å². The maximum absolute atomic E-state index is 13.6. The maximum Gasteiger partial charge on any atom is 0.219 e. The lowest BCUT2D eigenvalue weighted by atomic mass is 10.2. The highest BCUT2D eigenvalue weighted by Gasteiger charge is 2.12. The number of rotatable bonds is 5. The van der Waals surface area contributed by atoms with Gasteiger partial charge in [0.05, 0.1) is 0 Å². The molecule has 0 radical (unpaired) electrons. The molecule has 0 saturated heterocycles. The van der Waals surface area contributed by atoms with Crippen LogP contribution >= 0.6 is 15.9 Å². The summed E-state index contributed by atoms with van der Waals surface area (Å²) in [5.41, 5.74) is 0.952. The Labute approximate surface area is 124 Å². The number of nitrogens with zero attached hydrogens (tertiary/aromatic N) is 1. The molecule has 0 fully saturated rings. The van der Waals surface area contributed by atoms with Crippen molar-refractivity contribution in [3.8, 4) is 11.6 Å². The van der Waals surface area contributed by atoms with E-state index in [0.29, 0.717) is 11.0 Å². The lowest BCUT2D eigenvalue weighted by Crippen LogP contribution is -2.11. The Morgan fingerprint density at radius 2 is 2.10 bits per heavy atom. The largest absolute Gasteiger partial charge is 0.436 e. The molecule has 20 heavy (non-hydrogen) atoms. The molecular formula is C14H13BrF2N2O. The molecule has 1 aromatic heterocycles. The van der Waals surface area contributed by atoms with Crippen LogP contribution in [0.3, 0.4) is 0 Å². The molecule has 3 nitrogen and oxygen atoms in total. The first-order valence-electron chi connectivity index (χ1n) is 6.08. The zero-order valence-electron chi connectivity index (χ0n) is 10.8. The van der Waals surface area contributed by atoms with Crippen LogP contribution in [0.4, 0.5) is 8.78 Å². The van der Waals surface area contributed by atoms with E-state index in [0.717, 1.165) is 18.2 Å². The van der Waals surface area contributed by atoms with E-state index in [1.54, 1.807) is 12.3 Å². The molecule has 2 aromatic rings. The zero-order chi connectivity index (χ0) is 14.5. The molecule has 1 aromatic carbocycles. The van der Waals surface area contributed by atoms with Crippen LogP contribution in [0.1, 0.15) is 12.5 Å². The number of hydrogen-bond donors (Lipinski definition) is 1. The fourth-order valence-corrected chi connectivity index (χ4v) is 2.01. The minimum atomic E-state index is -1.04. The molecule has 1 heterocycles. The van der Waals surface area contributed by atoms with Gasteiger partial charge in [-0.3, -0.25) is 0 Å². The first-order valence-corrected chi connectivity index (χ1v) is 6.87. The van der Waals surface area contributed by atoms with Gasteiger partial charge in [0, 0.05) is 23.3 Å². The van der Waals surface area contributed by atoms with Gasteiger partial charge in [0.25, 0.3) is 0 Å². The van der Waals surface area contributed by atoms with E-state index in [1.807, 2.05) is 13.0 Å². The van der Waals surface area contributed by atoms with Gasteiger partial charge in [-0.2, -0.15) is 4.39 Å². The zero-order valence-corrected chi connectivity index (χ0v) is 12.4. The van der Waals surface area contributed by atoms with Crippen molar-refractivity contribution in [2.24, 2.45) is 0 Å². The van der Waals surface area contributed by atoms with Gasteiger partial charge in [-0.25, -0.2) is 9.37 Å². The van der Waals surface area contributed by atoms with Crippen molar-refractivity contribution < 1.29 is 13.5 Å². The summed E-state index contributed by atoms with van der Waals surface area (Å²) in [6.45, 7) is 3.49. The van der Waals surface area contributed by atoms with Crippen LogP contribution in [0.25, 0.3) is 0 Å². The van der Waals surface area contributed by atoms with Crippen molar-refractivity contribution in [2.45, 2.75) is 13.5 Å². The smallest absolute Gasteiger partial charge is 0.219 e. The molecular weight excluding hydrogens is 330 g/mol. The van der Waals surface area contributed by atoms with Crippen LogP contribution in [0.5, 0.6) is 11.6 Å². The standard InChI is InChI=1S/C14H13BrF2N2O/c1-2-18-8-9-3-4-19-13(5-9)20-12-7-10(15)6-11(16)14(12)17/h3-7,18H,2,8H2,1H3. The number of benzene rings is 1. The molecule has 0 aliphatic heterocycles. The minimum Gasteiger partial charge on any atom is -0.436 e. The van der Waals surface area contributed by atoms with Crippen molar-refractivity contribution in [1.29, 1.82) is 0 Å². The number of nitrogens with one attached hydrogen (secondary N) is 1. The minimum absolute atomic E-state index is 0.204. The van der Waals surface area contributed by atoms with Crippen molar-refractivity contribution in [1.82, 2.24) is 10.3 Å². The third kappa shape index (κ3) is 3.74. The van der Waals surface area contributed by atoms with E-state index in [1.165, 1.54) is 6.07 Å². The SMILES string of the molecule is CCNCc1ccnc(Oc2cc(Br)cc(F)c2F)c1. The molecule has 0 saturated carbocycles. The third-order valence-electron chi connectivity index (χ3n) is 2.55. The second-order valence-electron chi connectivity index (χ2n) is 4.08. The lowest BCUT2D eigenvalue weighted by Gasteiger charge is -2.08. The van der Waals surface area contributed by atoms with Crippen LogP contribution in [0, 0.1) is 11.6 Å². The topological polar surface area (TPSA) is 34.2 Å². The van der Waals surface area contributed by atoms with Gasteiger partial charge in [0.15, 0.2) is 11.6 Å². The molecule has 0 unspecified atom stereocenters. The fourth-order valence-electron chi connectivity index (χ4n) is 1.60. The maximum atomic E-state index is 13.6. The van der Waals surface area contributed by atoms with Crippen LogP contribution < -0.4 is 10.1 Å². The Morgan fingerprint density at radius 3 is 2.85 bits per heavy atom. The molecule has 0 aliphatic carbocycles. The molecule has 1 N–H and O–H groups in total. The number of aromatic nitrogens is 1. The van der Waals surface area contributed by atoms with Gasteiger partial charge in [0.2, 0.25) is 11.7 Å². The Kier molecular flexibility index (Phi) is 5.03. The quantitative estimate of drug-likeness (QED) is 0.833. The number of pyridine rings is 1. The highest BCUT2D eigenvalue weighted by molar-refractivity contribution is 9.10. The first-order chi connectivity index (χ1) is 9.60. The van der Waals surface area contributed by atoms with Gasteiger partial charge in [-0.05, 0) is 30.3 Å². The van der Waals surface area contributed by atoms with Crippen LogP contribution in [0.2, 0.25) is 0 Å². The number of ether oxygens (including phenoxy) is 1. The first kappa shape index (κ1) is 14.9. The van der Waals surface area contributed by atoms with E-state index in [-0.39, 0.29) is 11.6 Å². The monoisotopic (exact) mass is 342 g/mol. The van der Waals surface area contributed by atoms with Crippen molar-refractivity contribution >= 4 is 15.9 Å². The van der Waals surface area contributed by atoms with E-state index in [4.69, 9.17) is 4.74 Å². The van der Waals surface area contributed by atoms with E-state index in [9.17, 15) is 8.78 Å². The number of hydrogen-bond acceptors (Lipinski definition) is 3. The Hall–Kier alpha value is -1.53. The van der Waals surface area contributed by atoms with Gasteiger partial charge >= 0.3 is 0 Å². The Bertz CT molecular complexity index is 608. The number of halogens is 3. The highest BCUT2D eigenvalue weighted by Crippen LogP contribution is 2.28. The molecule has 0 aliphatic rings. The van der Waals surface area contributed by atoms with Gasteiger partial charge < -0.3 is 10.1 Å².